The lowest BCUT2D eigenvalue weighted by atomic mass is 9.86. The van der Waals surface area contributed by atoms with Gasteiger partial charge in [-0.3, -0.25) is 14.4 Å². The van der Waals surface area contributed by atoms with Gasteiger partial charge in [0, 0.05) is 6.04 Å². The van der Waals surface area contributed by atoms with Crippen molar-refractivity contribution in [3.05, 3.63) is 35.6 Å². The van der Waals surface area contributed by atoms with Crippen molar-refractivity contribution in [3.8, 4) is 0 Å². The second-order valence-electron chi connectivity index (χ2n) is 6.26. The first-order valence-electron chi connectivity index (χ1n) is 8.45. The molecule has 1 aromatic carbocycles. The maximum absolute atomic E-state index is 13.4. The highest BCUT2D eigenvalue weighted by Gasteiger charge is 2.23. The zero-order valence-electron chi connectivity index (χ0n) is 14.2. The molecule has 7 heteroatoms. The molecule has 0 aliphatic heterocycles. The maximum Gasteiger partial charge on any atom is 0.325 e. The Morgan fingerprint density at radius 1 is 1.20 bits per heavy atom. The minimum Gasteiger partial charge on any atom is -0.454 e. The summed E-state index contributed by atoms with van der Waals surface area (Å²) in [6, 6.07) is 5.57. The van der Waals surface area contributed by atoms with Crippen LogP contribution in [0.15, 0.2) is 24.3 Å². The molecule has 2 atom stereocenters. The van der Waals surface area contributed by atoms with Gasteiger partial charge in [-0.15, -0.1) is 0 Å². The standard InChI is InChI=1S/C18H23FN2O4/c1-12-6-2-5-9-15(12)21-16(22)11-25-17(23)10-20-18(24)13-7-3-4-8-14(13)19/h3-4,7-8,12,15H,2,5-6,9-11H2,1H3,(H,20,24)(H,21,22)/t12-,15-/m1/s1. The highest BCUT2D eigenvalue weighted by molar-refractivity contribution is 5.96. The topological polar surface area (TPSA) is 84.5 Å². The molecule has 6 nitrogen and oxygen atoms in total. The van der Waals surface area contributed by atoms with Crippen LogP contribution >= 0.6 is 0 Å². The molecule has 0 saturated heterocycles. The zero-order valence-corrected chi connectivity index (χ0v) is 14.2. The number of hydrogen-bond donors (Lipinski definition) is 2. The summed E-state index contributed by atoms with van der Waals surface area (Å²) in [6.07, 6.45) is 4.26. The number of carbonyl (C=O) groups excluding carboxylic acids is 3. The second kappa shape index (κ2) is 9.15. The van der Waals surface area contributed by atoms with Crippen molar-refractivity contribution in [1.82, 2.24) is 10.6 Å². The highest BCUT2D eigenvalue weighted by atomic mass is 19.1. The van der Waals surface area contributed by atoms with E-state index in [1.54, 1.807) is 0 Å². The summed E-state index contributed by atoms with van der Waals surface area (Å²) in [5.41, 5.74) is -0.153. The lowest BCUT2D eigenvalue weighted by Gasteiger charge is -2.29. The van der Waals surface area contributed by atoms with Gasteiger partial charge in [0.05, 0.1) is 5.56 Å². The van der Waals surface area contributed by atoms with Crippen molar-refractivity contribution in [2.75, 3.05) is 13.2 Å². The van der Waals surface area contributed by atoms with Crippen LogP contribution in [0.1, 0.15) is 43.0 Å². The molecular formula is C18H23FN2O4. The van der Waals surface area contributed by atoms with Crippen LogP contribution in [0.25, 0.3) is 0 Å². The van der Waals surface area contributed by atoms with Gasteiger partial charge in [0.2, 0.25) is 0 Å². The molecule has 1 fully saturated rings. The molecule has 25 heavy (non-hydrogen) atoms. The SMILES string of the molecule is C[C@@H]1CCCC[C@H]1NC(=O)COC(=O)CNC(=O)c1ccccc1F. The number of amides is 2. The largest absolute Gasteiger partial charge is 0.454 e. The lowest BCUT2D eigenvalue weighted by Crippen LogP contribution is -2.43. The van der Waals surface area contributed by atoms with Crippen LogP contribution in [-0.2, 0) is 14.3 Å². The summed E-state index contributed by atoms with van der Waals surface area (Å²) in [6.45, 7) is 1.27. The van der Waals surface area contributed by atoms with Crippen LogP contribution in [0.5, 0.6) is 0 Å². The van der Waals surface area contributed by atoms with E-state index in [1.807, 2.05) is 0 Å². The molecular weight excluding hydrogens is 327 g/mol. The molecule has 0 aromatic heterocycles. The van der Waals surface area contributed by atoms with Gasteiger partial charge in [0.25, 0.3) is 11.8 Å². The van der Waals surface area contributed by atoms with Crippen LogP contribution in [-0.4, -0.2) is 37.0 Å². The predicted molar refractivity (Wildman–Crippen MR) is 89.3 cm³/mol. The Hall–Kier alpha value is -2.44. The van der Waals surface area contributed by atoms with Crippen LogP contribution in [0, 0.1) is 11.7 Å². The second-order valence-corrected chi connectivity index (χ2v) is 6.26. The molecule has 1 aliphatic rings. The fraction of sp³-hybridized carbons (Fsp3) is 0.500. The maximum atomic E-state index is 13.4. The summed E-state index contributed by atoms with van der Waals surface area (Å²) in [4.78, 5) is 35.2. The van der Waals surface area contributed by atoms with Crippen LogP contribution < -0.4 is 10.6 Å². The molecule has 1 aromatic rings. The van der Waals surface area contributed by atoms with E-state index in [0.717, 1.165) is 25.3 Å². The van der Waals surface area contributed by atoms with E-state index in [-0.39, 0.29) is 17.5 Å². The molecule has 0 unspecified atom stereocenters. The molecule has 136 valence electrons. The number of hydrogen-bond acceptors (Lipinski definition) is 4. The first-order valence-corrected chi connectivity index (χ1v) is 8.45. The third-order valence-corrected chi connectivity index (χ3v) is 4.33. The quantitative estimate of drug-likeness (QED) is 0.766. The number of esters is 1. The third-order valence-electron chi connectivity index (χ3n) is 4.33. The van der Waals surface area contributed by atoms with Crippen LogP contribution in [0.2, 0.25) is 0 Å². The Morgan fingerprint density at radius 2 is 1.92 bits per heavy atom. The Morgan fingerprint density at radius 3 is 2.64 bits per heavy atom. The van der Waals surface area contributed by atoms with E-state index in [2.05, 4.69) is 17.6 Å². The van der Waals surface area contributed by atoms with Crippen LogP contribution in [0.4, 0.5) is 4.39 Å². The van der Waals surface area contributed by atoms with Crippen molar-refractivity contribution >= 4 is 17.8 Å². The minimum atomic E-state index is -0.753. The Bertz CT molecular complexity index is 635. The van der Waals surface area contributed by atoms with Crippen molar-refractivity contribution in [2.24, 2.45) is 5.92 Å². The van der Waals surface area contributed by atoms with Gasteiger partial charge in [-0.1, -0.05) is 31.9 Å². The van der Waals surface area contributed by atoms with E-state index in [4.69, 9.17) is 4.74 Å². The van der Waals surface area contributed by atoms with Crippen molar-refractivity contribution in [1.29, 1.82) is 0 Å². The van der Waals surface area contributed by atoms with E-state index < -0.39 is 30.8 Å². The van der Waals surface area contributed by atoms with Crippen LogP contribution in [0.3, 0.4) is 0 Å². The smallest absolute Gasteiger partial charge is 0.325 e. The highest BCUT2D eigenvalue weighted by Crippen LogP contribution is 2.23. The van der Waals surface area contributed by atoms with Crippen molar-refractivity contribution in [3.63, 3.8) is 0 Å². The van der Waals surface area contributed by atoms with Gasteiger partial charge < -0.3 is 15.4 Å². The normalized spacial score (nSPS) is 19.8. The Labute approximate surface area is 146 Å². The van der Waals surface area contributed by atoms with E-state index in [0.29, 0.717) is 5.92 Å². The van der Waals surface area contributed by atoms with Gasteiger partial charge in [0.15, 0.2) is 6.61 Å². The molecule has 0 bridgehead atoms. The molecule has 0 heterocycles. The molecule has 2 rings (SSSR count). The fourth-order valence-electron chi connectivity index (χ4n) is 2.87. The summed E-state index contributed by atoms with van der Waals surface area (Å²) in [7, 11) is 0. The summed E-state index contributed by atoms with van der Waals surface area (Å²) < 4.78 is 18.3. The Balaban J connectivity index is 1.69. The number of ether oxygens (including phenoxy) is 1. The average Bonchev–Trinajstić information content (AvgIpc) is 2.60. The lowest BCUT2D eigenvalue weighted by molar-refractivity contribution is -0.147. The van der Waals surface area contributed by atoms with Gasteiger partial charge in [0.1, 0.15) is 12.4 Å². The minimum absolute atomic E-state index is 0.112. The number of rotatable bonds is 6. The molecule has 1 aliphatic carbocycles. The van der Waals surface area contributed by atoms with Gasteiger partial charge in [-0.05, 0) is 30.9 Å². The number of halogens is 1. The third kappa shape index (κ3) is 5.85. The average molecular weight is 350 g/mol. The summed E-state index contributed by atoms with van der Waals surface area (Å²) in [5.74, 6) is -2.08. The van der Waals surface area contributed by atoms with Crippen molar-refractivity contribution in [2.45, 2.75) is 38.6 Å². The van der Waals surface area contributed by atoms with Gasteiger partial charge >= 0.3 is 5.97 Å². The number of nitrogens with one attached hydrogen (secondary N) is 2. The predicted octanol–water partition coefficient (Wildman–Crippen LogP) is 1.79. The summed E-state index contributed by atoms with van der Waals surface area (Å²) >= 11 is 0. The van der Waals surface area contributed by atoms with Crippen molar-refractivity contribution < 1.29 is 23.5 Å². The number of carbonyl (C=O) groups is 3. The first-order chi connectivity index (χ1) is 12.0. The molecule has 0 spiro atoms. The Kier molecular flexibility index (Phi) is 6.91. The van der Waals surface area contributed by atoms with E-state index in [1.165, 1.54) is 24.6 Å². The zero-order chi connectivity index (χ0) is 18.2. The molecule has 2 N–H and O–H groups in total. The monoisotopic (exact) mass is 350 g/mol. The molecule has 0 radical (unpaired) electrons. The fourth-order valence-corrected chi connectivity index (χ4v) is 2.87. The molecule has 2 amide bonds. The summed E-state index contributed by atoms with van der Waals surface area (Å²) in [5, 5.41) is 5.14. The first kappa shape index (κ1) is 18.9. The number of benzene rings is 1. The molecule has 1 saturated carbocycles. The van der Waals surface area contributed by atoms with E-state index in [9.17, 15) is 18.8 Å². The van der Waals surface area contributed by atoms with E-state index >= 15 is 0 Å². The van der Waals surface area contributed by atoms with Gasteiger partial charge in [-0.25, -0.2) is 4.39 Å². The van der Waals surface area contributed by atoms with Gasteiger partial charge in [-0.2, -0.15) is 0 Å².